The molecule has 8 nitrogen and oxygen atoms in total. The molecule has 8 heteroatoms. The van der Waals surface area contributed by atoms with E-state index in [9.17, 15) is 9.59 Å². The van der Waals surface area contributed by atoms with Gasteiger partial charge in [0.05, 0.1) is 6.07 Å². The third-order valence-corrected chi connectivity index (χ3v) is 5.81. The fraction of sp³-hybridized carbons (Fsp3) is 0.545. The number of allylic oxidation sites excluding steroid dienone is 1. The maximum Gasteiger partial charge on any atom is 0.322 e. The Labute approximate surface area is 177 Å². The van der Waals surface area contributed by atoms with Crippen LogP contribution in [0.5, 0.6) is 0 Å². The maximum absolute atomic E-state index is 13.1. The van der Waals surface area contributed by atoms with Crippen molar-refractivity contribution in [2.24, 2.45) is 0 Å². The molecule has 1 aromatic rings. The first-order valence-electron chi connectivity index (χ1n) is 10.5. The molecule has 1 aromatic heterocycles. The number of nitriles is 1. The smallest absolute Gasteiger partial charge is 0.322 e. The highest BCUT2D eigenvalue weighted by atomic mass is 16.2. The van der Waals surface area contributed by atoms with Crippen LogP contribution in [0.15, 0.2) is 24.5 Å². The fourth-order valence-electron chi connectivity index (χ4n) is 4.11. The summed E-state index contributed by atoms with van der Waals surface area (Å²) in [5.74, 6) is 0.620. The number of hydrogen-bond donors (Lipinski definition) is 2. The normalized spacial score (nSPS) is 18.0. The van der Waals surface area contributed by atoms with Gasteiger partial charge in [0.15, 0.2) is 0 Å². The Kier molecular flexibility index (Phi) is 6.93. The Morgan fingerprint density at radius 2 is 2.00 bits per heavy atom. The Bertz CT molecular complexity index is 834. The Morgan fingerprint density at radius 1 is 1.23 bits per heavy atom. The predicted molar refractivity (Wildman–Crippen MR) is 115 cm³/mol. The number of hydrogen-bond acceptors (Lipinski definition) is 5. The topological polar surface area (TPSA) is 101 Å². The van der Waals surface area contributed by atoms with Crippen LogP contribution in [-0.2, 0) is 4.79 Å². The number of urea groups is 1. The third-order valence-electron chi connectivity index (χ3n) is 5.81. The van der Waals surface area contributed by atoms with Crippen LogP contribution in [-0.4, -0.2) is 54.5 Å². The summed E-state index contributed by atoms with van der Waals surface area (Å²) in [7, 11) is 3.89. The summed E-state index contributed by atoms with van der Waals surface area (Å²) in [4.78, 5) is 33.9. The second kappa shape index (κ2) is 9.61. The number of aromatic nitrogens is 1. The molecule has 1 saturated carbocycles. The average Bonchev–Trinajstić information content (AvgIpc) is 2.78. The first-order valence-corrected chi connectivity index (χ1v) is 10.5. The van der Waals surface area contributed by atoms with Gasteiger partial charge in [-0.25, -0.2) is 9.78 Å². The van der Waals surface area contributed by atoms with Crippen LogP contribution < -0.4 is 15.5 Å². The minimum absolute atomic E-state index is 0.0554. The van der Waals surface area contributed by atoms with Crippen LogP contribution in [0.25, 0.3) is 5.57 Å². The van der Waals surface area contributed by atoms with Crippen molar-refractivity contribution in [1.29, 1.82) is 5.26 Å². The highest BCUT2D eigenvalue weighted by Crippen LogP contribution is 2.30. The van der Waals surface area contributed by atoms with E-state index >= 15 is 0 Å². The zero-order valence-electron chi connectivity index (χ0n) is 17.8. The minimum atomic E-state index is -0.938. The monoisotopic (exact) mass is 410 g/mol. The molecular weight excluding hydrogens is 380 g/mol. The lowest BCUT2D eigenvalue weighted by molar-refractivity contribution is -0.128. The van der Waals surface area contributed by atoms with E-state index in [1.54, 1.807) is 4.90 Å². The summed E-state index contributed by atoms with van der Waals surface area (Å²) in [6, 6.07) is 5.65. The molecule has 0 aromatic carbocycles. The van der Waals surface area contributed by atoms with E-state index in [4.69, 9.17) is 5.26 Å². The van der Waals surface area contributed by atoms with E-state index in [1.807, 2.05) is 49.6 Å². The van der Waals surface area contributed by atoms with Gasteiger partial charge in [0.1, 0.15) is 17.9 Å². The molecule has 3 amide bonds. The number of rotatable bonds is 5. The van der Waals surface area contributed by atoms with Crippen LogP contribution >= 0.6 is 0 Å². The average molecular weight is 411 g/mol. The molecule has 0 bridgehead atoms. The van der Waals surface area contributed by atoms with Gasteiger partial charge in [-0.05, 0) is 49.0 Å². The summed E-state index contributed by atoms with van der Waals surface area (Å²) in [6.07, 6.45) is 9.42. The molecular formula is C22H30N6O2. The van der Waals surface area contributed by atoms with Crippen LogP contribution in [0.1, 0.15) is 50.5 Å². The summed E-state index contributed by atoms with van der Waals surface area (Å²) >= 11 is 0. The number of pyridine rings is 1. The first-order chi connectivity index (χ1) is 14.4. The van der Waals surface area contributed by atoms with Crippen molar-refractivity contribution in [2.45, 2.75) is 50.5 Å². The summed E-state index contributed by atoms with van der Waals surface area (Å²) in [6.45, 7) is 0.550. The van der Waals surface area contributed by atoms with Gasteiger partial charge >= 0.3 is 6.03 Å². The van der Waals surface area contributed by atoms with Crippen molar-refractivity contribution in [3.05, 3.63) is 30.1 Å². The second-order valence-corrected chi connectivity index (χ2v) is 8.16. The lowest BCUT2D eigenvalue weighted by atomic mass is 9.81. The van der Waals surface area contributed by atoms with Gasteiger partial charge in [0, 0.05) is 33.0 Å². The number of nitrogens with zero attached hydrogens (tertiary/aromatic N) is 4. The van der Waals surface area contributed by atoms with E-state index in [2.05, 4.69) is 15.6 Å². The second-order valence-electron chi connectivity index (χ2n) is 8.16. The number of nitrogens with one attached hydrogen (secondary N) is 2. The van der Waals surface area contributed by atoms with Crippen molar-refractivity contribution >= 4 is 23.3 Å². The van der Waals surface area contributed by atoms with E-state index in [0.717, 1.165) is 49.1 Å². The largest absolute Gasteiger partial charge is 0.363 e. The van der Waals surface area contributed by atoms with E-state index in [-0.39, 0.29) is 18.5 Å². The quantitative estimate of drug-likeness (QED) is 0.727. The molecule has 2 N–H and O–H groups in total. The van der Waals surface area contributed by atoms with Crippen LogP contribution in [0.4, 0.5) is 10.6 Å². The predicted octanol–water partition coefficient (Wildman–Crippen LogP) is 2.64. The van der Waals surface area contributed by atoms with Crippen molar-refractivity contribution in [2.75, 3.05) is 32.1 Å². The van der Waals surface area contributed by atoms with Crippen LogP contribution in [0.2, 0.25) is 0 Å². The van der Waals surface area contributed by atoms with Crippen molar-refractivity contribution in [3.8, 4) is 6.07 Å². The molecule has 2 heterocycles. The molecule has 0 unspecified atom stereocenters. The van der Waals surface area contributed by atoms with Gasteiger partial charge < -0.3 is 20.4 Å². The van der Waals surface area contributed by atoms with Gasteiger partial charge in [-0.1, -0.05) is 19.3 Å². The summed E-state index contributed by atoms with van der Waals surface area (Å²) < 4.78 is 0. The van der Waals surface area contributed by atoms with Crippen molar-refractivity contribution in [1.82, 2.24) is 20.5 Å². The fourth-order valence-corrected chi connectivity index (χ4v) is 4.11. The molecule has 1 aliphatic carbocycles. The molecule has 3 rings (SSSR count). The zero-order valence-corrected chi connectivity index (χ0v) is 17.8. The molecule has 160 valence electrons. The molecule has 1 aliphatic heterocycles. The molecule has 0 saturated heterocycles. The minimum Gasteiger partial charge on any atom is -0.363 e. The Hall–Kier alpha value is -3.08. The van der Waals surface area contributed by atoms with E-state index in [1.165, 1.54) is 0 Å². The summed E-state index contributed by atoms with van der Waals surface area (Å²) in [5, 5.41) is 14.4. The van der Waals surface area contributed by atoms with Crippen LogP contribution in [0, 0.1) is 11.3 Å². The number of amides is 3. The Morgan fingerprint density at radius 3 is 2.63 bits per heavy atom. The highest BCUT2D eigenvalue weighted by Gasteiger charge is 2.41. The van der Waals surface area contributed by atoms with Gasteiger partial charge in [-0.15, -0.1) is 0 Å². The number of carbonyl (C=O) groups is 2. The summed E-state index contributed by atoms with van der Waals surface area (Å²) in [5.41, 5.74) is 1.12. The molecule has 30 heavy (non-hydrogen) atoms. The first kappa shape index (κ1) is 21.6. The standard InChI is InChI=1S/C22H30N6O2/c1-27(2)19-9-8-17(15-25-19)18-7-6-14-28(16-18)21(30)26-22(10-4-3-5-11-22)20(29)24-13-12-23/h8-9,15-16H,3-7,10-11,13-14H2,1-2H3,(H,24,29)(H,26,30). The lowest BCUT2D eigenvalue weighted by Crippen LogP contribution is -2.61. The van der Waals surface area contributed by atoms with Gasteiger partial charge in [-0.3, -0.25) is 4.79 Å². The highest BCUT2D eigenvalue weighted by molar-refractivity contribution is 5.92. The molecule has 2 aliphatic rings. The SMILES string of the molecule is CN(C)c1ccc(C2=CN(C(=O)NC3(C(=O)NCC#N)CCCCC3)CCC2)cn1. The van der Waals surface area contributed by atoms with Gasteiger partial charge in [-0.2, -0.15) is 5.26 Å². The van der Waals surface area contributed by atoms with Crippen molar-refractivity contribution < 1.29 is 9.59 Å². The van der Waals surface area contributed by atoms with E-state index < -0.39 is 5.54 Å². The Balaban J connectivity index is 1.75. The number of carbonyl (C=O) groups excluding carboxylic acids is 2. The van der Waals surface area contributed by atoms with Crippen molar-refractivity contribution in [3.63, 3.8) is 0 Å². The maximum atomic E-state index is 13.1. The zero-order chi connectivity index (χ0) is 21.6. The lowest BCUT2D eigenvalue weighted by Gasteiger charge is -2.38. The molecule has 0 atom stereocenters. The van der Waals surface area contributed by atoms with Gasteiger partial charge in [0.2, 0.25) is 5.91 Å². The number of anilines is 1. The van der Waals surface area contributed by atoms with E-state index in [0.29, 0.717) is 19.4 Å². The molecule has 1 fully saturated rings. The van der Waals surface area contributed by atoms with Crippen LogP contribution in [0.3, 0.4) is 0 Å². The third kappa shape index (κ3) is 4.90. The van der Waals surface area contributed by atoms with Gasteiger partial charge in [0.25, 0.3) is 0 Å². The molecule has 0 spiro atoms. The molecule has 0 radical (unpaired) electrons.